The van der Waals surface area contributed by atoms with E-state index in [4.69, 9.17) is 10.7 Å². The van der Waals surface area contributed by atoms with Crippen LogP contribution < -0.4 is 10.6 Å². The number of piperidine rings is 1. The zero-order valence-electron chi connectivity index (χ0n) is 14.2. The Bertz CT molecular complexity index is 968. The van der Waals surface area contributed by atoms with Crippen molar-refractivity contribution in [1.29, 1.82) is 0 Å². The van der Waals surface area contributed by atoms with Crippen LogP contribution in [0.4, 0.5) is 10.2 Å². The Balaban J connectivity index is 1.90. The van der Waals surface area contributed by atoms with Gasteiger partial charge in [0.1, 0.15) is 17.0 Å². The molecule has 26 heavy (non-hydrogen) atoms. The Morgan fingerprint density at radius 3 is 2.50 bits per heavy atom. The molecule has 1 aromatic carbocycles. The summed E-state index contributed by atoms with van der Waals surface area (Å²) >= 11 is 0. The maximum atomic E-state index is 13.3. The van der Waals surface area contributed by atoms with Gasteiger partial charge in [-0.05, 0) is 49.6 Å². The number of carbonyl (C=O) groups is 1. The quantitative estimate of drug-likeness (QED) is 0.784. The van der Waals surface area contributed by atoms with Gasteiger partial charge in [-0.2, -0.15) is 0 Å². The molecule has 1 amide bonds. The summed E-state index contributed by atoms with van der Waals surface area (Å²) in [7, 11) is 0. The summed E-state index contributed by atoms with van der Waals surface area (Å²) in [6.07, 6.45) is 4.76. The molecule has 1 aliphatic heterocycles. The predicted octanol–water partition coefficient (Wildman–Crippen LogP) is 2.92. The van der Waals surface area contributed by atoms with Crippen LogP contribution in [-0.2, 0) is 0 Å². The van der Waals surface area contributed by atoms with E-state index in [9.17, 15) is 9.18 Å². The molecule has 3 aromatic rings. The Morgan fingerprint density at radius 1 is 1.08 bits per heavy atom. The van der Waals surface area contributed by atoms with Crippen LogP contribution in [0.15, 0.2) is 36.5 Å². The molecule has 0 saturated carbocycles. The minimum absolute atomic E-state index is 0.297. The summed E-state index contributed by atoms with van der Waals surface area (Å²) in [5, 5.41) is 0. The van der Waals surface area contributed by atoms with Crippen molar-refractivity contribution in [2.24, 2.45) is 5.73 Å². The lowest BCUT2D eigenvalue weighted by Gasteiger charge is -2.29. The highest BCUT2D eigenvalue weighted by molar-refractivity contribution is 5.95. The molecular formula is C19H18FN5O. The van der Waals surface area contributed by atoms with Gasteiger partial charge in [-0.15, -0.1) is 0 Å². The van der Waals surface area contributed by atoms with Crippen molar-refractivity contribution in [3.8, 4) is 11.3 Å². The Labute approximate surface area is 149 Å². The van der Waals surface area contributed by atoms with E-state index in [1.165, 1.54) is 24.8 Å². The van der Waals surface area contributed by atoms with Gasteiger partial charge in [0.25, 0.3) is 0 Å². The van der Waals surface area contributed by atoms with Crippen LogP contribution in [0.5, 0.6) is 0 Å². The second kappa shape index (κ2) is 6.67. The summed E-state index contributed by atoms with van der Waals surface area (Å²) in [4.78, 5) is 27.3. The third-order valence-corrected chi connectivity index (χ3v) is 4.56. The van der Waals surface area contributed by atoms with Crippen molar-refractivity contribution in [2.45, 2.75) is 19.3 Å². The summed E-state index contributed by atoms with van der Waals surface area (Å²) in [5.41, 5.74) is 8.04. The van der Waals surface area contributed by atoms with Gasteiger partial charge in [0.15, 0.2) is 11.5 Å². The molecule has 0 spiro atoms. The van der Waals surface area contributed by atoms with E-state index in [0.717, 1.165) is 37.3 Å². The Hall–Kier alpha value is -3.09. The SMILES string of the molecule is NC(=O)c1cnc2nc(-c3ccc(F)cc3)c(N3CCCCC3)nc2c1. The molecule has 3 heterocycles. The summed E-state index contributed by atoms with van der Waals surface area (Å²) < 4.78 is 13.3. The number of hydrogen-bond acceptors (Lipinski definition) is 5. The van der Waals surface area contributed by atoms with Crippen molar-refractivity contribution < 1.29 is 9.18 Å². The van der Waals surface area contributed by atoms with Crippen molar-refractivity contribution in [3.05, 3.63) is 47.9 Å². The third kappa shape index (κ3) is 3.08. The molecule has 2 aromatic heterocycles. The van der Waals surface area contributed by atoms with Crippen molar-refractivity contribution in [3.63, 3.8) is 0 Å². The molecule has 1 fully saturated rings. The highest BCUT2D eigenvalue weighted by Crippen LogP contribution is 2.31. The van der Waals surface area contributed by atoms with E-state index in [0.29, 0.717) is 22.4 Å². The smallest absolute Gasteiger partial charge is 0.250 e. The molecule has 0 unspecified atom stereocenters. The third-order valence-electron chi connectivity index (χ3n) is 4.56. The number of halogens is 1. The van der Waals surface area contributed by atoms with Gasteiger partial charge >= 0.3 is 0 Å². The fourth-order valence-electron chi connectivity index (χ4n) is 3.20. The lowest BCUT2D eigenvalue weighted by atomic mass is 10.1. The number of anilines is 1. The number of carbonyl (C=O) groups excluding carboxylic acids is 1. The van der Waals surface area contributed by atoms with Crippen LogP contribution >= 0.6 is 0 Å². The number of amides is 1. The number of aromatic nitrogens is 3. The van der Waals surface area contributed by atoms with Gasteiger partial charge in [-0.3, -0.25) is 4.79 Å². The zero-order valence-corrected chi connectivity index (χ0v) is 14.2. The number of nitrogens with zero attached hydrogens (tertiary/aromatic N) is 4. The first-order valence-electron chi connectivity index (χ1n) is 8.60. The second-order valence-electron chi connectivity index (χ2n) is 6.38. The molecule has 7 heteroatoms. The van der Waals surface area contributed by atoms with Crippen molar-refractivity contribution in [2.75, 3.05) is 18.0 Å². The average Bonchev–Trinajstić information content (AvgIpc) is 2.68. The molecule has 1 aliphatic rings. The van der Waals surface area contributed by atoms with Gasteiger partial charge in [-0.1, -0.05) is 0 Å². The first-order valence-corrected chi connectivity index (χ1v) is 8.60. The summed E-state index contributed by atoms with van der Waals surface area (Å²) in [5.74, 6) is -0.123. The number of fused-ring (bicyclic) bond motifs is 1. The Morgan fingerprint density at radius 2 is 1.81 bits per heavy atom. The van der Waals surface area contributed by atoms with Gasteiger partial charge in [0.05, 0.1) is 5.56 Å². The zero-order chi connectivity index (χ0) is 18.1. The monoisotopic (exact) mass is 351 g/mol. The van der Waals surface area contributed by atoms with Gasteiger partial charge in [0, 0.05) is 24.8 Å². The van der Waals surface area contributed by atoms with Crippen LogP contribution in [0.25, 0.3) is 22.4 Å². The lowest BCUT2D eigenvalue weighted by molar-refractivity contribution is 0.1000. The first-order chi connectivity index (χ1) is 12.6. The number of primary amides is 1. The molecular weight excluding hydrogens is 333 g/mol. The van der Waals surface area contributed by atoms with Crippen LogP contribution in [0.2, 0.25) is 0 Å². The minimum atomic E-state index is -0.552. The molecule has 132 valence electrons. The fourth-order valence-corrected chi connectivity index (χ4v) is 3.20. The van der Waals surface area contributed by atoms with Crippen molar-refractivity contribution >= 4 is 22.9 Å². The normalized spacial score (nSPS) is 14.6. The molecule has 0 bridgehead atoms. The molecule has 0 aliphatic carbocycles. The fraction of sp³-hybridized carbons (Fsp3) is 0.263. The van der Waals surface area contributed by atoms with E-state index < -0.39 is 5.91 Å². The van der Waals surface area contributed by atoms with Crippen LogP contribution in [0.3, 0.4) is 0 Å². The van der Waals surface area contributed by atoms with E-state index in [2.05, 4.69) is 14.9 Å². The maximum Gasteiger partial charge on any atom is 0.250 e. The topological polar surface area (TPSA) is 85.0 Å². The molecule has 0 radical (unpaired) electrons. The number of benzene rings is 1. The maximum absolute atomic E-state index is 13.3. The Kier molecular flexibility index (Phi) is 4.20. The lowest BCUT2D eigenvalue weighted by Crippen LogP contribution is -2.31. The number of hydrogen-bond donors (Lipinski definition) is 1. The summed E-state index contributed by atoms with van der Waals surface area (Å²) in [6.45, 7) is 1.77. The molecule has 2 N–H and O–H groups in total. The average molecular weight is 351 g/mol. The largest absolute Gasteiger partial charge is 0.366 e. The molecule has 6 nitrogen and oxygen atoms in total. The second-order valence-corrected chi connectivity index (χ2v) is 6.38. The van der Waals surface area contributed by atoms with E-state index in [1.807, 2.05) is 0 Å². The van der Waals surface area contributed by atoms with E-state index in [1.54, 1.807) is 18.2 Å². The minimum Gasteiger partial charge on any atom is -0.366 e. The van der Waals surface area contributed by atoms with Gasteiger partial charge in [-0.25, -0.2) is 19.3 Å². The highest BCUT2D eigenvalue weighted by atomic mass is 19.1. The van der Waals surface area contributed by atoms with Gasteiger partial charge in [0.2, 0.25) is 5.91 Å². The number of nitrogens with two attached hydrogens (primary N) is 1. The predicted molar refractivity (Wildman–Crippen MR) is 97.3 cm³/mol. The van der Waals surface area contributed by atoms with Crippen LogP contribution in [0, 0.1) is 5.82 Å². The van der Waals surface area contributed by atoms with Crippen LogP contribution in [-0.4, -0.2) is 33.9 Å². The standard InChI is InChI=1S/C19H18FN5O/c20-14-6-4-12(5-7-14)16-19(25-8-2-1-3-9-25)23-15-10-13(17(21)26)11-22-18(15)24-16/h4-7,10-11H,1-3,8-9H2,(H2,21,26). The van der Waals surface area contributed by atoms with E-state index in [-0.39, 0.29) is 5.82 Å². The molecule has 0 atom stereocenters. The number of pyridine rings is 1. The van der Waals surface area contributed by atoms with Crippen LogP contribution in [0.1, 0.15) is 29.6 Å². The number of rotatable bonds is 3. The first kappa shape index (κ1) is 16.4. The molecule has 4 rings (SSSR count). The highest BCUT2D eigenvalue weighted by Gasteiger charge is 2.20. The summed E-state index contributed by atoms with van der Waals surface area (Å²) in [6, 6.07) is 7.81. The van der Waals surface area contributed by atoms with Crippen molar-refractivity contribution in [1.82, 2.24) is 15.0 Å². The van der Waals surface area contributed by atoms with E-state index >= 15 is 0 Å². The molecule has 1 saturated heterocycles. The van der Waals surface area contributed by atoms with Gasteiger partial charge < -0.3 is 10.6 Å².